The molecule has 2 aliphatic rings. The van der Waals surface area contributed by atoms with Crippen LogP contribution < -0.4 is 0 Å². The molecule has 124 valence electrons. The number of hydrogen-bond donors (Lipinski definition) is 2. The van der Waals surface area contributed by atoms with E-state index in [9.17, 15) is 0 Å². The van der Waals surface area contributed by atoms with E-state index >= 15 is 0 Å². The van der Waals surface area contributed by atoms with E-state index in [0.717, 1.165) is 11.5 Å². The van der Waals surface area contributed by atoms with E-state index in [1.165, 1.54) is 31.7 Å². The number of thiol groups is 2. The third kappa shape index (κ3) is 3.55. The Balaban J connectivity index is 1.74. The van der Waals surface area contributed by atoms with Gasteiger partial charge in [-0.1, -0.05) is 24.3 Å². The standard InChI is InChI=1S/C18H16S6/c19-7-13-9-21-17(23-13)15-5-11-3-1-2-4-12(11)6-16(15)18-22-10-14(8-20)24-18/h1-6,9-10,17-20H,7-8H2. The number of hydrogen-bond acceptors (Lipinski definition) is 6. The van der Waals surface area contributed by atoms with Crippen molar-refractivity contribution in [3.05, 3.63) is 68.2 Å². The van der Waals surface area contributed by atoms with Crippen LogP contribution in [0.2, 0.25) is 0 Å². The molecule has 0 amide bonds. The molecule has 2 aliphatic heterocycles. The molecule has 0 nitrogen and oxygen atoms in total. The second-order valence-electron chi connectivity index (χ2n) is 5.48. The van der Waals surface area contributed by atoms with Gasteiger partial charge in [-0.2, -0.15) is 25.3 Å². The maximum atomic E-state index is 4.44. The van der Waals surface area contributed by atoms with Crippen LogP contribution in [-0.4, -0.2) is 11.5 Å². The van der Waals surface area contributed by atoms with E-state index in [2.05, 4.69) is 72.5 Å². The quantitative estimate of drug-likeness (QED) is 0.492. The molecule has 2 atom stereocenters. The molecule has 0 saturated carbocycles. The van der Waals surface area contributed by atoms with Crippen molar-refractivity contribution in [1.82, 2.24) is 0 Å². The van der Waals surface area contributed by atoms with E-state index in [-0.39, 0.29) is 0 Å². The zero-order valence-corrected chi connectivity index (χ0v) is 17.8. The van der Waals surface area contributed by atoms with Gasteiger partial charge in [0.15, 0.2) is 0 Å². The Kier molecular flexibility index (Phi) is 5.81. The Morgan fingerprint density at radius 3 is 1.58 bits per heavy atom. The van der Waals surface area contributed by atoms with Crippen molar-refractivity contribution in [2.45, 2.75) is 9.16 Å². The Hall–Kier alpha value is 0.280. The topological polar surface area (TPSA) is 0 Å². The zero-order chi connectivity index (χ0) is 16.5. The highest BCUT2D eigenvalue weighted by Gasteiger charge is 2.28. The summed E-state index contributed by atoms with van der Waals surface area (Å²) < 4.78 is 0.876. The average Bonchev–Trinajstić information content (AvgIpc) is 3.29. The van der Waals surface area contributed by atoms with E-state index in [1.54, 1.807) is 0 Å². The molecular weight excluding hydrogens is 409 g/mol. The van der Waals surface area contributed by atoms with E-state index in [1.807, 2.05) is 47.0 Å². The summed E-state index contributed by atoms with van der Waals surface area (Å²) in [5.74, 6) is 1.66. The molecule has 0 bridgehead atoms. The van der Waals surface area contributed by atoms with Gasteiger partial charge >= 0.3 is 0 Å². The van der Waals surface area contributed by atoms with E-state index in [0.29, 0.717) is 9.16 Å². The lowest BCUT2D eigenvalue weighted by molar-refractivity contribution is 1.27. The monoisotopic (exact) mass is 424 g/mol. The van der Waals surface area contributed by atoms with Crippen LogP contribution in [0.4, 0.5) is 0 Å². The first kappa shape index (κ1) is 17.7. The molecule has 2 aromatic carbocycles. The van der Waals surface area contributed by atoms with Crippen LogP contribution in [0, 0.1) is 0 Å². The fourth-order valence-corrected chi connectivity index (χ4v) is 8.72. The van der Waals surface area contributed by atoms with Crippen LogP contribution in [0.5, 0.6) is 0 Å². The van der Waals surface area contributed by atoms with Crippen LogP contribution in [0.15, 0.2) is 57.0 Å². The lowest BCUT2D eigenvalue weighted by Crippen LogP contribution is -1.97. The van der Waals surface area contributed by atoms with Crippen molar-refractivity contribution in [2.75, 3.05) is 11.5 Å². The Morgan fingerprint density at radius 1 is 0.750 bits per heavy atom. The van der Waals surface area contributed by atoms with Gasteiger partial charge in [-0.25, -0.2) is 0 Å². The van der Waals surface area contributed by atoms with Gasteiger partial charge in [0, 0.05) is 21.3 Å². The second-order valence-corrected chi connectivity index (χ2v) is 11.1. The molecule has 0 radical (unpaired) electrons. The van der Waals surface area contributed by atoms with Crippen molar-refractivity contribution in [1.29, 1.82) is 0 Å². The van der Waals surface area contributed by atoms with Gasteiger partial charge in [-0.15, -0.1) is 47.0 Å². The second kappa shape index (κ2) is 7.89. The molecule has 0 aromatic heterocycles. The summed E-state index contributed by atoms with van der Waals surface area (Å²) in [4.78, 5) is 2.74. The first-order valence-electron chi connectivity index (χ1n) is 7.55. The van der Waals surface area contributed by atoms with Gasteiger partial charge in [0.1, 0.15) is 0 Å². The molecule has 6 heteroatoms. The lowest BCUT2D eigenvalue weighted by atomic mass is 10.0. The molecule has 4 rings (SSSR count). The molecular formula is C18H16S6. The fraction of sp³-hybridized carbons (Fsp3) is 0.222. The summed E-state index contributed by atoms with van der Waals surface area (Å²) in [6, 6.07) is 13.5. The normalized spacial score (nSPS) is 23.6. The summed E-state index contributed by atoms with van der Waals surface area (Å²) in [5.41, 5.74) is 2.91. The molecule has 0 saturated heterocycles. The van der Waals surface area contributed by atoms with Crippen molar-refractivity contribution in [3.8, 4) is 0 Å². The largest absolute Gasteiger partial charge is 0.174 e. The minimum absolute atomic E-state index is 0.438. The summed E-state index contributed by atoms with van der Waals surface area (Å²) >= 11 is 16.6. The third-order valence-corrected chi connectivity index (χ3v) is 10.5. The van der Waals surface area contributed by atoms with Crippen LogP contribution in [-0.2, 0) is 0 Å². The van der Waals surface area contributed by atoms with Gasteiger partial charge in [-0.05, 0) is 44.8 Å². The molecule has 2 heterocycles. The minimum atomic E-state index is 0.438. The highest BCUT2D eigenvalue weighted by Crippen LogP contribution is 2.57. The first-order chi connectivity index (χ1) is 11.8. The van der Waals surface area contributed by atoms with E-state index in [4.69, 9.17) is 0 Å². The summed E-state index contributed by atoms with van der Waals surface area (Å²) in [7, 11) is 0. The van der Waals surface area contributed by atoms with Crippen LogP contribution in [0.1, 0.15) is 20.3 Å². The smallest absolute Gasteiger partial charge is 0.0840 e. The molecule has 2 aromatic rings. The van der Waals surface area contributed by atoms with Gasteiger partial charge in [0.2, 0.25) is 0 Å². The van der Waals surface area contributed by atoms with Crippen molar-refractivity contribution < 1.29 is 0 Å². The third-order valence-electron chi connectivity index (χ3n) is 3.93. The molecule has 0 aliphatic carbocycles. The number of rotatable bonds is 4. The number of benzene rings is 2. The van der Waals surface area contributed by atoms with Crippen molar-refractivity contribution >= 4 is 83.1 Å². The predicted molar refractivity (Wildman–Crippen MR) is 124 cm³/mol. The van der Waals surface area contributed by atoms with Gasteiger partial charge in [-0.3, -0.25) is 0 Å². The molecule has 0 N–H and O–H groups in total. The minimum Gasteiger partial charge on any atom is -0.174 e. The van der Waals surface area contributed by atoms with Crippen LogP contribution >= 0.6 is 72.3 Å². The average molecular weight is 425 g/mol. The molecule has 0 fully saturated rings. The number of thioether (sulfide) groups is 4. The first-order valence-corrected chi connectivity index (χ1v) is 12.5. The van der Waals surface area contributed by atoms with Crippen LogP contribution in [0.3, 0.4) is 0 Å². The zero-order valence-electron chi connectivity index (χ0n) is 12.7. The van der Waals surface area contributed by atoms with Gasteiger partial charge < -0.3 is 0 Å². The maximum Gasteiger partial charge on any atom is 0.0840 e. The summed E-state index contributed by atoms with van der Waals surface area (Å²) in [6.07, 6.45) is 0. The van der Waals surface area contributed by atoms with Crippen LogP contribution in [0.25, 0.3) is 10.8 Å². The van der Waals surface area contributed by atoms with E-state index < -0.39 is 0 Å². The highest BCUT2D eigenvalue weighted by molar-refractivity contribution is 8.23. The fourth-order valence-electron chi connectivity index (χ4n) is 2.77. The Morgan fingerprint density at radius 2 is 1.21 bits per heavy atom. The van der Waals surface area contributed by atoms with Gasteiger partial charge in [0.25, 0.3) is 0 Å². The summed E-state index contributed by atoms with van der Waals surface area (Å²) in [6.45, 7) is 0. The maximum absolute atomic E-state index is 4.44. The highest BCUT2D eigenvalue weighted by atomic mass is 32.2. The molecule has 2 unspecified atom stereocenters. The summed E-state index contributed by atoms with van der Waals surface area (Å²) in [5, 5.41) is 7.20. The number of fused-ring (bicyclic) bond motifs is 1. The van der Waals surface area contributed by atoms with Gasteiger partial charge in [0.05, 0.1) is 9.16 Å². The lowest BCUT2D eigenvalue weighted by Gasteiger charge is -2.20. The van der Waals surface area contributed by atoms with Crippen molar-refractivity contribution in [2.24, 2.45) is 0 Å². The Bertz CT molecular complexity index is 757. The predicted octanol–water partition coefficient (Wildman–Crippen LogP) is 7.34. The van der Waals surface area contributed by atoms with Crippen molar-refractivity contribution in [3.63, 3.8) is 0 Å². The SMILES string of the molecule is SCC1=CSC(c2cc3ccccc3cc2C2SC=C(CS)S2)S1. The molecule has 0 spiro atoms. The molecule has 24 heavy (non-hydrogen) atoms. The Labute approximate surface area is 170 Å².